The van der Waals surface area contributed by atoms with E-state index < -0.39 is 23.0 Å². The van der Waals surface area contributed by atoms with Crippen LogP contribution in [0.25, 0.3) is 0 Å². The fourth-order valence-corrected chi connectivity index (χ4v) is 1.46. The predicted octanol–water partition coefficient (Wildman–Crippen LogP) is 1.38. The van der Waals surface area contributed by atoms with Gasteiger partial charge in [0.05, 0.1) is 11.5 Å². The lowest BCUT2D eigenvalue weighted by Crippen LogP contribution is -2.60. The van der Waals surface area contributed by atoms with E-state index in [2.05, 4.69) is 10.6 Å². The maximum atomic E-state index is 11.8. The normalized spacial score (nSPS) is 14.4. The summed E-state index contributed by atoms with van der Waals surface area (Å²) in [6, 6.07) is -0.377. The first-order valence-corrected chi connectivity index (χ1v) is 6.23. The summed E-state index contributed by atoms with van der Waals surface area (Å²) >= 11 is 0. The molecule has 0 aliphatic carbocycles. The van der Waals surface area contributed by atoms with Crippen LogP contribution in [0.1, 0.15) is 48.5 Å². The quantitative estimate of drug-likeness (QED) is 0.672. The number of carbonyl (C=O) groups is 2. The second-order valence-electron chi connectivity index (χ2n) is 6.08. The Morgan fingerprint density at radius 1 is 1.06 bits per heavy atom. The Hall–Kier alpha value is -1.10. The van der Waals surface area contributed by atoms with Crippen LogP contribution in [-0.2, 0) is 9.59 Å². The van der Waals surface area contributed by atoms with Gasteiger partial charge in [-0.05, 0) is 48.5 Å². The molecule has 0 aliphatic rings. The van der Waals surface area contributed by atoms with Crippen LogP contribution in [0.15, 0.2) is 0 Å². The largest absolute Gasteiger partial charge is 0.481 e. The summed E-state index contributed by atoms with van der Waals surface area (Å²) < 4.78 is 0. The maximum absolute atomic E-state index is 11.8. The smallest absolute Gasteiger partial charge is 0.310 e. The van der Waals surface area contributed by atoms with Crippen molar-refractivity contribution in [2.45, 2.75) is 66.1 Å². The zero-order valence-corrected chi connectivity index (χ0v) is 12.4. The molecular weight excluding hydrogens is 232 g/mol. The van der Waals surface area contributed by atoms with Gasteiger partial charge in [0.2, 0.25) is 5.91 Å². The molecule has 0 saturated carbocycles. The van der Waals surface area contributed by atoms with Crippen molar-refractivity contribution < 1.29 is 14.7 Å². The van der Waals surface area contributed by atoms with E-state index in [1.54, 1.807) is 34.6 Å². The molecule has 106 valence electrons. The van der Waals surface area contributed by atoms with Crippen molar-refractivity contribution in [3.63, 3.8) is 0 Å². The molecule has 1 amide bonds. The highest BCUT2D eigenvalue weighted by Crippen LogP contribution is 2.31. The van der Waals surface area contributed by atoms with Crippen molar-refractivity contribution >= 4 is 11.9 Å². The minimum atomic E-state index is -0.973. The van der Waals surface area contributed by atoms with Crippen LogP contribution in [0.2, 0.25) is 0 Å². The minimum absolute atomic E-state index is 0.0670. The molecule has 0 aromatic rings. The molecule has 0 bridgehead atoms. The van der Waals surface area contributed by atoms with Gasteiger partial charge in [-0.25, -0.2) is 0 Å². The third-order valence-corrected chi connectivity index (χ3v) is 3.50. The van der Waals surface area contributed by atoms with Crippen molar-refractivity contribution in [2.24, 2.45) is 5.41 Å². The summed E-state index contributed by atoms with van der Waals surface area (Å²) in [6.07, 6.45) is 0. The van der Waals surface area contributed by atoms with E-state index in [1.807, 2.05) is 13.8 Å². The molecule has 0 heterocycles. The fraction of sp³-hybridized carbons (Fsp3) is 0.846. The van der Waals surface area contributed by atoms with Gasteiger partial charge < -0.3 is 10.4 Å². The second kappa shape index (κ2) is 5.69. The lowest BCUT2D eigenvalue weighted by molar-refractivity contribution is -0.151. The number of carboxylic acids is 1. The lowest BCUT2D eigenvalue weighted by atomic mass is 9.74. The van der Waals surface area contributed by atoms with Crippen LogP contribution in [0.3, 0.4) is 0 Å². The Bertz CT molecular complexity index is 322. The number of hydrogen-bond acceptors (Lipinski definition) is 3. The Balaban J connectivity index is 4.78. The number of carbonyl (C=O) groups excluding carboxylic acids is 1. The third kappa shape index (κ3) is 3.98. The number of rotatable bonds is 6. The predicted molar refractivity (Wildman–Crippen MR) is 71.4 cm³/mol. The Kier molecular flexibility index (Phi) is 5.35. The van der Waals surface area contributed by atoms with Crippen molar-refractivity contribution in [1.29, 1.82) is 0 Å². The van der Waals surface area contributed by atoms with E-state index in [9.17, 15) is 14.7 Å². The summed E-state index contributed by atoms with van der Waals surface area (Å²) in [6.45, 7) is 12.4. The Morgan fingerprint density at radius 2 is 1.50 bits per heavy atom. The van der Waals surface area contributed by atoms with Gasteiger partial charge in [-0.1, -0.05) is 0 Å². The van der Waals surface area contributed by atoms with Crippen molar-refractivity contribution in [1.82, 2.24) is 10.6 Å². The molecule has 0 aromatic carbocycles. The second-order valence-corrected chi connectivity index (χ2v) is 6.08. The van der Waals surface area contributed by atoms with Crippen molar-refractivity contribution in [2.75, 3.05) is 0 Å². The van der Waals surface area contributed by atoms with Crippen LogP contribution in [0, 0.1) is 5.41 Å². The van der Waals surface area contributed by atoms with Crippen LogP contribution in [0.4, 0.5) is 0 Å². The molecule has 0 aromatic heterocycles. The van der Waals surface area contributed by atoms with Crippen LogP contribution in [0.5, 0.6) is 0 Å². The molecular formula is C13H26N2O3. The number of nitrogens with one attached hydrogen (secondary N) is 2. The third-order valence-electron chi connectivity index (χ3n) is 3.50. The summed E-state index contributed by atoms with van der Waals surface area (Å²) in [5, 5.41) is 15.1. The molecule has 5 nitrogen and oxygen atoms in total. The van der Waals surface area contributed by atoms with Gasteiger partial charge in [0.15, 0.2) is 0 Å². The van der Waals surface area contributed by atoms with E-state index >= 15 is 0 Å². The highest BCUT2D eigenvalue weighted by atomic mass is 16.4. The molecule has 0 aliphatic heterocycles. The van der Waals surface area contributed by atoms with Gasteiger partial charge in [-0.3, -0.25) is 14.9 Å². The molecule has 0 rings (SSSR count). The van der Waals surface area contributed by atoms with E-state index in [0.717, 1.165) is 0 Å². The lowest BCUT2D eigenvalue weighted by Gasteiger charge is -2.40. The SMILES string of the molecule is CC(C)NC(=O)C(C)NC(C)(C)C(C)(C)C(=O)O. The number of aliphatic carboxylic acids is 1. The van der Waals surface area contributed by atoms with Gasteiger partial charge >= 0.3 is 5.97 Å². The topological polar surface area (TPSA) is 78.4 Å². The van der Waals surface area contributed by atoms with Gasteiger partial charge in [-0.2, -0.15) is 0 Å². The number of hydrogen-bond donors (Lipinski definition) is 3. The Labute approximate surface area is 109 Å². The molecule has 0 radical (unpaired) electrons. The first kappa shape index (κ1) is 16.9. The van der Waals surface area contributed by atoms with Crippen LogP contribution >= 0.6 is 0 Å². The van der Waals surface area contributed by atoms with E-state index in [0.29, 0.717) is 0 Å². The summed E-state index contributed by atoms with van der Waals surface area (Å²) in [7, 11) is 0. The monoisotopic (exact) mass is 258 g/mol. The minimum Gasteiger partial charge on any atom is -0.481 e. The van der Waals surface area contributed by atoms with Gasteiger partial charge in [0, 0.05) is 11.6 Å². The highest BCUT2D eigenvalue weighted by molar-refractivity contribution is 5.82. The molecule has 3 N–H and O–H groups in total. The average Bonchev–Trinajstić information content (AvgIpc) is 2.14. The standard InChI is InChI=1S/C13H26N2O3/c1-8(2)14-10(16)9(3)15-13(6,7)12(4,5)11(17)18/h8-9,15H,1-7H3,(H,14,16)(H,17,18). The van der Waals surface area contributed by atoms with E-state index in [-0.39, 0.29) is 11.9 Å². The molecule has 0 spiro atoms. The zero-order chi connectivity index (χ0) is 14.7. The average molecular weight is 258 g/mol. The van der Waals surface area contributed by atoms with Crippen molar-refractivity contribution in [3.8, 4) is 0 Å². The molecule has 18 heavy (non-hydrogen) atoms. The molecule has 0 fully saturated rings. The van der Waals surface area contributed by atoms with Gasteiger partial charge in [0.1, 0.15) is 0 Å². The fourth-order valence-electron chi connectivity index (χ4n) is 1.46. The molecule has 0 saturated heterocycles. The highest BCUT2D eigenvalue weighted by Gasteiger charge is 2.44. The van der Waals surface area contributed by atoms with Crippen LogP contribution in [-0.4, -0.2) is 34.6 Å². The first-order chi connectivity index (χ1) is 7.91. The zero-order valence-electron chi connectivity index (χ0n) is 12.4. The summed E-state index contributed by atoms with van der Waals surface area (Å²) in [4.78, 5) is 23.1. The maximum Gasteiger partial charge on any atom is 0.310 e. The van der Waals surface area contributed by atoms with Crippen molar-refractivity contribution in [3.05, 3.63) is 0 Å². The molecule has 1 atom stereocenters. The van der Waals surface area contributed by atoms with E-state index in [1.165, 1.54) is 0 Å². The van der Waals surface area contributed by atoms with Gasteiger partial charge in [0.25, 0.3) is 0 Å². The number of amides is 1. The molecule has 5 heteroatoms. The van der Waals surface area contributed by atoms with Crippen LogP contribution < -0.4 is 10.6 Å². The van der Waals surface area contributed by atoms with E-state index in [4.69, 9.17) is 0 Å². The summed E-state index contributed by atoms with van der Waals surface area (Å²) in [5.41, 5.74) is -1.67. The summed E-state index contributed by atoms with van der Waals surface area (Å²) in [5.74, 6) is -1.02. The number of carboxylic acid groups (broad SMARTS) is 1. The first-order valence-electron chi connectivity index (χ1n) is 6.23. The molecule has 1 unspecified atom stereocenters. The van der Waals surface area contributed by atoms with Gasteiger partial charge in [-0.15, -0.1) is 0 Å². The Morgan fingerprint density at radius 3 is 1.83 bits per heavy atom.